The molecule has 0 aliphatic heterocycles. The Balaban J connectivity index is 1.84. The lowest BCUT2D eigenvalue weighted by molar-refractivity contribution is -0.143. The molecule has 4 nitrogen and oxygen atoms in total. The highest BCUT2D eigenvalue weighted by Crippen LogP contribution is 2.38. The quantitative estimate of drug-likeness (QED) is 0.367. The molecule has 1 amide bonds. The minimum absolute atomic E-state index is 0.0248. The van der Waals surface area contributed by atoms with Crippen LogP contribution >= 0.6 is 0 Å². The number of alkyl halides is 6. The van der Waals surface area contributed by atoms with Crippen molar-refractivity contribution in [2.45, 2.75) is 31.2 Å². The third-order valence-electron chi connectivity index (χ3n) is 5.36. The van der Waals surface area contributed by atoms with Crippen molar-refractivity contribution in [3.63, 3.8) is 0 Å². The van der Waals surface area contributed by atoms with Crippen molar-refractivity contribution < 1.29 is 49.8 Å². The number of hydrogen-bond donors (Lipinski definition) is 2. The van der Waals surface area contributed by atoms with Crippen molar-refractivity contribution in [2.24, 2.45) is 0 Å². The van der Waals surface area contributed by atoms with Gasteiger partial charge in [0.05, 0.1) is 11.1 Å². The number of carboxylic acids is 1. The normalized spacial score (nSPS) is 12.8. The van der Waals surface area contributed by atoms with Crippen LogP contribution in [0.5, 0.6) is 0 Å². The van der Waals surface area contributed by atoms with Gasteiger partial charge in [-0.2, -0.15) is 26.3 Å². The molecule has 0 spiro atoms. The summed E-state index contributed by atoms with van der Waals surface area (Å²) in [6, 6.07) is 7.79. The van der Waals surface area contributed by atoms with Gasteiger partial charge < -0.3 is 10.4 Å². The Morgan fingerprint density at radius 2 is 1.41 bits per heavy atom. The van der Waals surface area contributed by atoms with Crippen LogP contribution in [0.15, 0.2) is 60.7 Å². The lowest BCUT2D eigenvalue weighted by Gasteiger charge is -2.17. The molecule has 2 N–H and O–H groups in total. The predicted molar refractivity (Wildman–Crippen MR) is 115 cm³/mol. The van der Waals surface area contributed by atoms with Gasteiger partial charge in [-0.3, -0.25) is 4.79 Å². The van der Waals surface area contributed by atoms with Crippen LogP contribution in [0.25, 0.3) is 0 Å². The first-order valence-electron chi connectivity index (χ1n) is 10.5. The molecule has 0 radical (unpaired) electrons. The SMILES string of the molecule is O=C(N[C@@H](Cc1cccc(Cc2ccc(C(F)(F)F)cc2C(F)(F)F)c1)C(=O)O)c1c(F)cccc1F. The van der Waals surface area contributed by atoms with E-state index in [9.17, 15) is 49.8 Å². The zero-order chi connectivity index (χ0) is 27.5. The van der Waals surface area contributed by atoms with E-state index in [2.05, 4.69) is 0 Å². The van der Waals surface area contributed by atoms with Gasteiger partial charge in [-0.1, -0.05) is 36.4 Å². The van der Waals surface area contributed by atoms with Gasteiger partial charge in [0, 0.05) is 6.42 Å². The Labute approximate surface area is 204 Å². The minimum atomic E-state index is -5.06. The van der Waals surface area contributed by atoms with Crippen molar-refractivity contribution in [2.75, 3.05) is 0 Å². The van der Waals surface area contributed by atoms with E-state index in [4.69, 9.17) is 0 Å². The van der Waals surface area contributed by atoms with Gasteiger partial charge in [0.2, 0.25) is 0 Å². The molecular formula is C25H17F8NO3. The highest BCUT2D eigenvalue weighted by Gasteiger charge is 2.38. The molecular weight excluding hydrogens is 514 g/mol. The molecule has 0 saturated carbocycles. The maximum Gasteiger partial charge on any atom is 0.416 e. The summed E-state index contributed by atoms with van der Waals surface area (Å²) in [5.74, 6) is -5.28. The zero-order valence-corrected chi connectivity index (χ0v) is 18.6. The number of halogens is 8. The molecule has 0 aromatic heterocycles. The number of carbonyl (C=O) groups is 2. The van der Waals surface area contributed by atoms with E-state index in [0.717, 1.165) is 24.3 Å². The van der Waals surface area contributed by atoms with E-state index in [-0.39, 0.29) is 17.2 Å². The van der Waals surface area contributed by atoms with Gasteiger partial charge in [-0.05, 0) is 47.4 Å². The number of amides is 1. The summed E-state index contributed by atoms with van der Waals surface area (Å²) in [6.45, 7) is 0. The predicted octanol–water partition coefficient (Wildman–Crippen LogP) is 6.02. The van der Waals surface area contributed by atoms with Crippen LogP contribution in [-0.4, -0.2) is 23.0 Å². The van der Waals surface area contributed by atoms with Crippen LogP contribution in [0, 0.1) is 11.6 Å². The van der Waals surface area contributed by atoms with Crippen LogP contribution < -0.4 is 5.32 Å². The first-order chi connectivity index (χ1) is 17.2. The van der Waals surface area contributed by atoms with Crippen molar-refractivity contribution in [1.29, 1.82) is 0 Å². The number of rotatable bonds is 7. The van der Waals surface area contributed by atoms with E-state index in [1.807, 2.05) is 5.32 Å². The summed E-state index contributed by atoms with van der Waals surface area (Å²) in [4.78, 5) is 24.0. The molecule has 0 bridgehead atoms. The molecule has 0 unspecified atom stereocenters. The lowest BCUT2D eigenvalue weighted by atomic mass is 9.95. The van der Waals surface area contributed by atoms with E-state index in [0.29, 0.717) is 6.07 Å². The van der Waals surface area contributed by atoms with Gasteiger partial charge in [-0.15, -0.1) is 0 Å². The highest BCUT2D eigenvalue weighted by molar-refractivity contribution is 5.97. The number of nitrogens with one attached hydrogen (secondary N) is 1. The molecule has 12 heteroatoms. The largest absolute Gasteiger partial charge is 0.480 e. The van der Waals surface area contributed by atoms with E-state index in [1.54, 1.807) is 0 Å². The van der Waals surface area contributed by atoms with Gasteiger partial charge in [0.1, 0.15) is 23.2 Å². The second-order valence-corrected chi connectivity index (χ2v) is 8.03. The second-order valence-electron chi connectivity index (χ2n) is 8.03. The fourth-order valence-electron chi connectivity index (χ4n) is 3.64. The van der Waals surface area contributed by atoms with Crippen LogP contribution in [0.4, 0.5) is 35.1 Å². The van der Waals surface area contributed by atoms with Crippen LogP contribution in [0.1, 0.15) is 38.2 Å². The van der Waals surface area contributed by atoms with E-state index in [1.165, 1.54) is 24.3 Å². The Kier molecular flexibility index (Phi) is 7.89. The van der Waals surface area contributed by atoms with Gasteiger partial charge >= 0.3 is 18.3 Å². The third-order valence-corrected chi connectivity index (χ3v) is 5.36. The number of carbonyl (C=O) groups excluding carboxylic acids is 1. The lowest BCUT2D eigenvalue weighted by Crippen LogP contribution is -2.43. The molecule has 3 rings (SSSR count). The first kappa shape index (κ1) is 27.6. The Hall–Kier alpha value is -3.96. The van der Waals surface area contributed by atoms with Crippen LogP contribution in [-0.2, 0) is 30.0 Å². The number of hydrogen-bond acceptors (Lipinski definition) is 2. The fraction of sp³-hybridized carbons (Fsp3) is 0.200. The van der Waals surface area contributed by atoms with E-state index < -0.39 is 77.0 Å². The van der Waals surface area contributed by atoms with Crippen LogP contribution in [0.2, 0.25) is 0 Å². The summed E-state index contributed by atoms with van der Waals surface area (Å²) in [7, 11) is 0. The molecule has 3 aromatic rings. The smallest absolute Gasteiger partial charge is 0.416 e. The topological polar surface area (TPSA) is 66.4 Å². The average Bonchev–Trinajstić information content (AvgIpc) is 2.77. The Morgan fingerprint density at radius 3 is 1.97 bits per heavy atom. The number of benzene rings is 3. The highest BCUT2D eigenvalue weighted by atomic mass is 19.4. The van der Waals surface area contributed by atoms with E-state index >= 15 is 0 Å². The summed E-state index contributed by atoms with van der Waals surface area (Å²) >= 11 is 0. The fourth-order valence-corrected chi connectivity index (χ4v) is 3.64. The maximum atomic E-state index is 13.9. The Bertz CT molecular complexity index is 1300. The first-order valence-corrected chi connectivity index (χ1v) is 10.5. The van der Waals surface area contributed by atoms with Crippen molar-refractivity contribution >= 4 is 11.9 Å². The van der Waals surface area contributed by atoms with Crippen molar-refractivity contribution in [3.05, 3.63) is 106 Å². The molecule has 1 atom stereocenters. The summed E-state index contributed by atoms with van der Waals surface area (Å²) in [5, 5.41) is 11.5. The molecule has 0 aliphatic carbocycles. The van der Waals surface area contributed by atoms with Crippen molar-refractivity contribution in [1.82, 2.24) is 5.32 Å². The molecule has 0 saturated heterocycles. The summed E-state index contributed by atoms with van der Waals surface area (Å²) in [6.07, 6.45) is -10.9. The maximum absolute atomic E-state index is 13.9. The van der Waals surface area contributed by atoms with Gasteiger partial charge in [-0.25, -0.2) is 13.6 Å². The average molecular weight is 531 g/mol. The minimum Gasteiger partial charge on any atom is -0.480 e. The van der Waals surface area contributed by atoms with Crippen LogP contribution in [0.3, 0.4) is 0 Å². The van der Waals surface area contributed by atoms with Crippen molar-refractivity contribution in [3.8, 4) is 0 Å². The Morgan fingerprint density at radius 1 is 0.811 bits per heavy atom. The van der Waals surface area contributed by atoms with Gasteiger partial charge in [0.15, 0.2) is 0 Å². The standard InChI is InChI=1S/C25H17F8NO3/c26-18-5-2-6-19(27)21(18)22(35)34-20(23(36)37)11-14-4-1-3-13(9-14)10-15-7-8-16(24(28,29)30)12-17(15)25(31,32)33/h1-9,12,20H,10-11H2,(H,34,35)(H,36,37)/t20-/m0/s1. The molecule has 0 aliphatic rings. The third kappa shape index (κ3) is 6.83. The molecule has 3 aromatic carbocycles. The number of aliphatic carboxylic acids is 1. The summed E-state index contributed by atoms with van der Waals surface area (Å²) < 4.78 is 107. The second kappa shape index (κ2) is 10.6. The molecule has 37 heavy (non-hydrogen) atoms. The monoisotopic (exact) mass is 531 g/mol. The van der Waals surface area contributed by atoms with Gasteiger partial charge in [0.25, 0.3) is 5.91 Å². The zero-order valence-electron chi connectivity index (χ0n) is 18.6. The summed E-state index contributed by atoms with van der Waals surface area (Å²) in [5.41, 5.74) is -3.88. The molecule has 0 heterocycles. The number of carboxylic acid groups (broad SMARTS) is 1. The molecule has 196 valence electrons. The molecule has 0 fully saturated rings.